The van der Waals surface area contributed by atoms with Crippen LogP contribution in [-0.2, 0) is 17.9 Å². The van der Waals surface area contributed by atoms with E-state index < -0.39 is 6.10 Å². The lowest BCUT2D eigenvalue weighted by Crippen LogP contribution is -2.39. The third-order valence-corrected chi connectivity index (χ3v) is 4.95. The van der Waals surface area contributed by atoms with Crippen molar-refractivity contribution in [3.8, 4) is 0 Å². The van der Waals surface area contributed by atoms with Crippen molar-refractivity contribution in [3.63, 3.8) is 0 Å². The van der Waals surface area contributed by atoms with Crippen LogP contribution in [0.2, 0.25) is 5.02 Å². The van der Waals surface area contributed by atoms with Crippen LogP contribution in [0, 0.1) is 19.8 Å². The number of carbonyl (C=O) groups is 1. The summed E-state index contributed by atoms with van der Waals surface area (Å²) in [5, 5.41) is 22.3. The number of carbonyl (C=O) groups excluding carboxylic acids is 1. The van der Waals surface area contributed by atoms with Crippen molar-refractivity contribution >= 4 is 17.5 Å². The van der Waals surface area contributed by atoms with Crippen LogP contribution in [0.5, 0.6) is 0 Å². The van der Waals surface area contributed by atoms with Crippen LogP contribution in [0.4, 0.5) is 0 Å². The van der Waals surface area contributed by atoms with E-state index in [9.17, 15) is 9.90 Å². The molecule has 3 rings (SSSR count). The van der Waals surface area contributed by atoms with Crippen LogP contribution in [0.3, 0.4) is 0 Å². The summed E-state index contributed by atoms with van der Waals surface area (Å²) in [5.41, 5.74) is 0. The smallest absolute Gasteiger partial charge is 0.220 e. The largest absolute Gasteiger partial charge is 0.391 e. The third kappa shape index (κ3) is 4.82. The Morgan fingerprint density at radius 1 is 1.42 bits per heavy atom. The summed E-state index contributed by atoms with van der Waals surface area (Å²) in [4.78, 5) is 16.4. The Morgan fingerprint density at radius 3 is 2.88 bits per heavy atom. The standard InChI is InChI=1S/C17H25ClN6O2/c1-11-20-12(2)24(22-11)5-3-4-17(26)21-15-6-13(7-16(15)25)9-23-10-14(18)8-19-23/h8,10,13,15-16,25H,3-7,9H2,1-2H3,(H,21,26)/t13?,15-,16-/m1/s1. The number of nitrogens with one attached hydrogen (secondary N) is 1. The molecule has 0 radical (unpaired) electrons. The number of aliphatic hydroxyl groups excluding tert-OH is 1. The van der Waals surface area contributed by atoms with Crippen LogP contribution >= 0.6 is 11.6 Å². The second kappa shape index (κ2) is 8.18. The second-order valence-electron chi connectivity index (χ2n) is 6.99. The predicted octanol–water partition coefficient (Wildman–Crippen LogP) is 1.48. The van der Waals surface area contributed by atoms with E-state index >= 15 is 0 Å². The number of halogens is 1. The van der Waals surface area contributed by atoms with E-state index in [0.29, 0.717) is 37.4 Å². The normalized spacial score (nSPS) is 22.7. The van der Waals surface area contributed by atoms with Gasteiger partial charge in [-0.25, -0.2) is 4.98 Å². The molecule has 0 aliphatic heterocycles. The molecule has 1 amide bonds. The van der Waals surface area contributed by atoms with Crippen LogP contribution < -0.4 is 5.32 Å². The van der Waals surface area contributed by atoms with Crippen molar-refractivity contribution in [2.45, 2.75) is 64.8 Å². The topological polar surface area (TPSA) is 97.9 Å². The van der Waals surface area contributed by atoms with E-state index in [2.05, 4.69) is 20.5 Å². The molecule has 1 unspecified atom stereocenters. The number of aromatic nitrogens is 5. The van der Waals surface area contributed by atoms with Crippen LogP contribution in [0.25, 0.3) is 0 Å². The maximum absolute atomic E-state index is 12.2. The van der Waals surface area contributed by atoms with Gasteiger partial charge in [0.2, 0.25) is 5.91 Å². The summed E-state index contributed by atoms with van der Waals surface area (Å²) in [6.07, 6.45) is 5.34. The summed E-state index contributed by atoms with van der Waals surface area (Å²) in [6.45, 7) is 5.12. The molecule has 2 aromatic rings. The predicted molar refractivity (Wildman–Crippen MR) is 96.6 cm³/mol. The van der Waals surface area contributed by atoms with Crippen molar-refractivity contribution in [3.05, 3.63) is 29.1 Å². The summed E-state index contributed by atoms with van der Waals surface area (Å²) in [6, 6.07) is -0.200. The first-order valence-electron chi connectivity index (χ1n) is 8.94. The lowest BCUT2D eigenvalue weighted by Gasteiger charge is -2.16. The summed E-state index contributed by atoms with van der Waals surface area (Å²) >= 11 is 5.88. The number of nitrogens with zero attached hydrogens (tertiary/aromatic N) is 5. The number of aryl methyl sites for hydroxylation is 3. The fourth-order valence-corrected chi connectivity index (χ4v) is 3.72. The average molecular weight is 381 g/mol. The molecule has 2 heterocycles. The van der Waals surface area contributed by atoms with Crippen molar-refractivity contribution in [2.24, 2.45) is 5.92 Å². The highest BCUT2D eigenvalue weighted by molar-refractivity contribution is 6.30. The molecule has 0 saturated heterocycles. The summed E-state index contributed by atoms with van der Waals surface area (Å²) in [5.74, 6) is 1.83. The molecule has 1 aliphatic rings. The first-order valence-corrected chi connectivity index (χ1v) is 9.32. The number of rotatable bonds is 7. The monoisotopic (exact) mass is 380 g/mol. The van der Waals surface area contributed by atoms with Gasteiger partial charge in [-0.2, -0.15) is 10.2 Å². The van der Waals surface area contributed by atoms with E-state index in [1.54, 1.807) is 17.1 Å². The minimum absolute atomic E-state index is 0.0358. The Morgan fingerprint density at radius 2 is 2.23 bits per heavy atom. The fourth-order valence-electron chi connectivity index (χ4n) is 3.57. The molecule has 3 atom stereocenters. The first kappa shape index (κ1) is 18.8. The highest BCUT2D eigenvalue weighted by atomic mass is 35.5. The van der Waals surface area contributed by atoms with E-state index in [4.69, 9.17) is 11.6 Å². The molecule has 142 valence electrons. The number of hydrogen-bond acceptors (Lipinski definition) is 5. The molecule has 2 aromatic heterocycles. The number of hydrogen-bond donors (Lipinski definition) is 2. The molecule has 9 heteroatoms. The first-order chi connectivity index (χ1) is 12.4. The number of amides is 1. The molecule has 0 bridgehead atoms. The molecule has 8 nitrogen and oxygen atoms in total. The molecule has 1 saturated carbocycles. The highest BCUT2D eigenvalue weighted by Crippen LogP contribution is 2.28. The van der Waals surface area contributed by atoms with E-state index in [1.165, 1.54) is 0 Å². The highest BCUT2D eigenvalue weighted by Gasteiger charge is 2.34. The molecule has 1 aliphatic carbocycles. The van der Waals surface area contributed by atoms with Crippen molar-refractivity contribution in [1.29, 1.82) is 0 Å². The number of aliphatic hydroxyl groups is 1. The molecule has 0 spiro atoms. The Hall–Kier alpha value is -1.93. The Bertz CT molecular complexity index is 758. The van der Waals surface area contributed by atoms with Crippen LogP contribution in [-0.4, -0.2) is 47.7 Å². The molecule has 26 heavy (non-hydrogen) atoms. The van der Waals surface area contributed by atoms with Gasteiger partial charge in [-0.1, -0.05) is 11.6 Å². The average Bonchev–Trinajstić information content (AvgIpc) is 3.21. The van der Waals surface area contributed by atoms with Gasteiger partial charge in [-0.05, 0) is 39.0 Å². The van der Waals surface area contributed by atoms with Crippen molar-refractivity contribution in [1.82, 2.24) is 29.9 Å². The van der Waals surface area contributed by atoms with Gasteiger partial charge in [0.05, 0.1) is 23.4 Å². The van der Waals surface area contributed by atoms with Gasteiger partial charge in [0.1, 0.15) is 11.6 Å². The van der Waals surface area contributed by atoms with Crippen LogP contribution in [0.1, 0.15) is 37.3 Å². The zero-order valence-corrected chi connectivity index (χ0v) is 15.9. The minimum atomic E-state index is -0.518. The molecule has 0 aromatic carbocycles. The quantitative estimate of drug-likeness (QED) is 0.758. The Labute approximate surface area is 157 Å². The Balaban J connectivity index is 1.41. The van der Waals surface area contributed by atoms with Gasteiger partial charge in [-0.3, -0.25) is 14.2 Å². The summed E-state index contributed by atoms with van der Waals surface area (Å²) < 4.78 is 3.60. The van der Waals surface area contributed by atoms with Gasteiger partial charge >= 0.3 is 0 Å². The second-order valence-corrected chi connectivity index (χ2v) is 7.43. The van der Waals surface area contributed by atoms with Crippen molar-refractivity contribution in [2.75, 3.05) is 0 Å². The van der Waals surface area contributed by atoms with E-state index in [-0.39, 0.29) is 17.9 Å². The van der Waals surface area contributed by atoms with Gasteiger partial charge < -0.3 is 10.4 Å². The lowest BCUT2D eigenvalue weighted by atomic mass is 10.1. The lowest BCUT2D eigenvalue weighted by molar-refractivity contribution is -0.122. The van der Waals surface area contributed by atoms with Gasteiger partial charge in [0.25, 0.3) is 0 Å². The van der Waals surface area contributed by atoms with Crippen LogP contribution in [0.15, 0.2) is 12.4 Å². The maximum Gasteiger partial charge on any atom is 0.220 e. The SMILES string of the molecule is Cc1nc(C)n(CCCC(=O)N[C@@H]2CC(Cn3cc(Cl)cn3)C[C@H]2O)n1. The zero-order chi connectivity index (χ0) is 18.7. The zero-order valence-electron chi connectivity index (χ0n) is 15.1. The van der Waals surface area contributed by atoms with E-state index in [1.807, 2.05) is 18.5 Å². The van der Waals surface area contributed by atoms with Gasteiger partial charge in [-0.15, -0.1) is 0 Å². The molecule has 2 N–H and O–H groups in total. The van der Waals surface area contributed by atoms with Gasteiger partial charge in [0, 0.05) is 25.7 Å². The van der Waals surface area contributed by atoms with E-state index in [0.717, 1.165) is 18.1 Å². The van der Waals surface area contributed by atoms with Crippen molar-refractivity contribution < 1.29 is 9.90 Å². The summed E-state index contributed by atoms with van der Waals surface area (Å²) in [7, 11) is 0. The third-order valence-electron chi connectivity index (χ3n) is 4.76. The molecule has 1 fully saturated rings. The fraction of sp³-hybridized carbons (Fsp3) is 0.647. The molecular weight excluding hydrogens is 356 g/mol. The minimum Gasteiger partial charge on any atom is -0.391 e. The Kier molecular flexibility index (Phi) is 5.93. The maximum atomic E-state index is 12.2. The molecular formula is C17H25ClN6O2. The van der Waals surface area contributed by atoms with Gasteiger partial charge in [0.15, 0.2) is 0 Å².